The zero-order chi connectivity index (χ0) is 16.1. The topological polar surface area (TPSA) is 76.7 Å². The third-order valence-electron chi connectivity index (χ3n) is 3.30. The minimum Gasteiger partial charge on any atom is -0.486 e. The van der Waals surface area contributed by atoms with Gasteiger partial charge in [0, 0.05) is 5.69 Å². The van der Waals surface area contributed by atoms with Crippen molar-refractivity contribution < 1.29 is 19.1 Å². The van der Waals surface area contributed by atoms with E-state index in [9.17, 15) is 9.59 Å². The molecular weight excluding hydrogens is 296 g/mol. The fraction of sp³-hybridized carbons (Fsp3) is 0.176. The van der Waals surface area contributed by atoms with E-state index in [1.54, 1.807) is 30.3 Å². The Morgan fingerprint density at radius 1 is 0.957 bits per heavy atom. The van der Waals surface area contributed by atoms with Crippen molar-refractivity contribution in [2.45, 2.75) is 6.10 Å². The molecule has 1 aliphatic heterocycles. The molecular formula is C17H16N2O4. The molecule has 3 rings (SSSR count). The van der Waals surface area contributed by atoms with Crippen molar-refractivity contribution in [3.63, 3.8) is 0 Å². The summed E-state index contributed by atoms with van der Waals surface area (Å²) >= 11 is 0. The summed E-state index contributed by atoms with van der Waals surface area (Å²) in [6.45, 7) is 0.507. The summed E-state index contributed by atoms with van der Waals surface area (Å²) in [6, 6.07) is 16.1. The predicted molar refractivity (Wildman–Crippen MR) is 84.4 cm³/mol. The Morgan fingerprint density at radius 2 is 1.65 bits per heavy atom. The van der Waals surface area contributed by atoms with Crippen LogP contribution in [0.1, 0.15) is 0 Å². The van der Waals surface area contributed by atoms with Gasteiger partial charge in [-0.3, -0.25) is 9.59 Å². The first-order chi connectivity index (χ1) is 11.2. The van der Waals surface area contributed by atoms with E-state index in [0.717, 1.165) is 0 Å². The van der Waals surface area contributed by atoms with Crippen LogP contribution < -0.4 is 20.1 Å². The second kappa shape index (κ2) is 6.83. The summed E-state index contributed by atoms with van der Waals surface area (Å²) in [5.41, 5.74) is 0.568. The van der Waals surface area contributed by atoms with Gasteiger partial charge in [0.1, 0.15) is 12.7 Å². The standard InChI is InChI=1S/C17H16N2O4/c20-16(17(21)19-12-6-2-1-3-7-12)18-10-13-11-22-14-8-4-5-9-15(14)23-13/h1-9,13H,10-11H2,(H,18,20)(H,19,21)/t13-/m1/s1. The van der Waals surface area contributed by atoms with E-state index < -0.39 is 11.8 Å². The van der Waals surface area contributed by atoms with Crippen molar-refractivity contribution >= 4 is 17.5 Å². The Morgan fingerprint density at radius 3 is 2.43 bits per heavy atom. The number of benzene rings is 2. The maximum atomic E-state index is 11.8. The van der Waals surface area contributed by atoms with Crippen molar-refractivity contribution in [2.75, 3.05) is 18.5 Å². The number of hydrogen-bond acceptors (Lipinski definition) is 4. The molecule has 0 aliphatic carbocycles. The van der Waals surface area contributed by atoms with E-state index in [2.05, 4.69) is 10.6 Å². The molecule has 0 unspecified atom stereocenters. The maximum absolute atomic E-state index is 11.8. The average Bonchev–Trinajstić information content (AvgIpc) is 2.60. The lowest BCUT2D eigenvalue weighted by Crippen LogP contribution is -2.44. The van der Waals surface area contributed by atoms with Crippen LogP contribution in [0.3, 0.4) is 0 Å². The number of ether oxygens (including phenoxy) is 2. The van der Waals surface area contributed by atoms with Crippen LogP contribution in [0.5, 0.6) is 11.5 Å². The molecule has 2 N–H and O–H groups in total. The number of rotatable bonds is 3. The highest BCUT2D eigenvalue weighted by molar-refractivity contribution is 6.39. The molecule has 0 fully saturated rings. The quantitative estimate of drug-likeness (QED) is 0.844. The molecule has 0 aromatic heterocycles. The molecule has 6 heteroatoms. The van der Waals surface area contributed by atoms with Crippen LogP contribution in [-0.4, -0.2) is 31.1 Å². The number of carbonyl (C=O) groups excluding carboxylic acids is 2. The van der Waals surface area contributed by atoms with E-state index in [1.807, 2.05) is 24.3 Å². The molecule has 0 spiro atoms. The molecule has 0 radical (unpaired) electrons. The van der Waals surface area contributed by atoms with Crippen molar-refractivity contribution in [3.8, 4) is 11.5 Å². The molecule has 1 aliphatic rings. The first-order valence-electron chi connectivity index (χ1n) is 7.25. The first-order valence-corrected chi connectivity index (χ1v) is 7.25. The highest BCUT2D eigenvalue weighted by Gasteiger charge is 2.22. The lowest BCUT2D eigenvalue weighted by molar-refractivity contribution is -0.136. The minimum atomic E-state index is -0.715. The second-order valence-corrected chi connectivity index (χ2v) is 5.03. The number of anilines is 1. The third-order valence-corrected chi connectivity index (χ3v) is 3.30. The zero-order valence-corrected chi connectivity index (χ0v) is 12.3. The summed E-state index contributed by atoms with van der Waals surface area (Å²) in [5.74, 6) is -0.117. The number of amides is 2. The molecule has 1 heterocycles. The molecule has 118 valence electrons. The summed E-state index contributed by atoms with van der Waals surface area (Å²) < 4.78 is 11.3. The Balaban J connectivity index is 1.49. The smallest absolute Gasteiger partial charge is 0.313 e. The second-order valence-electron chi connectivity index (χ2n) is 5.03. The van der Waals surface area contributed by atoms with Crippen LogP contribution in [0.15, 0.2) is 54.6 Å². The fourth-order valence-corrected chi connectivity index (χ4v) is 2.16. The maximum Gasteiger partial charge on any atom is 0.313 e. The molecule has 0 saturated carbocycles. The molecule has 1 atom stereocenters. The van der Waals surface area contributed by atoms with Gasteiger partial charge in [-0.05, 0) is 24.3 Å². The molecule has 23 heavy (non-hydrogen) atoms. The number of hydrogen-bond donors (Lipinski definition) is 2. The number of nitrogens with one attached hydrogen (secondary N) is 2. The van der Waals surface area contributed by atoms with Crippen LogP contribution >= 0.6 is 0 Å². The summed E-state index contributed by atoms with van der Waals surface area (Å²) in [6.07, 6.45) is -0.335. The number of carbonyl (C=O) groups is 2. The monoisotopic (exact) mass is 312 g/mol. The molecule has 6 nitrogen and oxygen atoms in total. The zero-order valence-electron chi connectivity index (χ0n) is 12.3. The van der Waals surface area contributed by atoms with Gasteiger partial charge in [-0.25, -0.2) is 0 Å². The van der Waals surface area contributed by atoms with E-state index in [-0.39, 0.29) is 12.6 Å². The van der Waals surface area contributed by atoms with Gasteiger partial charge < -0.3 is 20.1 Å². The van der Waals surface area contributed by atoms with Gasteiger partial charge in [0.15, 0.2) is 11.5 Å². The van der Waals surface area contributed by atoms with Gasteiger partial charge in [-0.15, -0.1) is 0 Å². The number of fused-ring (bicyclic) bond motifs is 1. The Kier molecular flexibility index (Phi) is 4.42. The summed E-state index contributed by atoms with van der Waals surface area (Å²) in [4.78, 5) is 23.6. The van der Waals surface area contributed by atoms with Crippen molar-refractivity contribution in [1.82, 2.24) is 5.32 Å². The van der Waals surface area contributed by atoms with Gasteiger partial charge in [-0.2, -0.15) is 0 Å². The lowest BCUT2D eigenvalue weighted by Gasteiger charge is -2.26. The molecule has 2 amide bonds. The highest BCUT2D eigenvalue weighted by atomic mass is 16.6. The van der Waals surface area contributed by atoms with Crippen LogP contribution in [-0.2, 0) is 9.59 Å². The number of para-hydroxylation sites is 3. The summed E-state index contributed by atoms with van der Waals surface area (Å²) in [7, 11) is 0. The van der Waals surface area contributed by atoms with Gasteiger partial charge >= 0.3 is 11.8 Å². The predicted octanol–water partition coefficient (Wildman–Crippen LogP) is 1.58. The lowest BCUT2D eigenvalue weighted by atomic mass is 10.2. The van der Waals surface area contributed by atoms with Gasteiger partial charge in [0.25, 0.3) is 0 Å². The van der Waals surface area contributed by atoms with Gasteiger partial charge in [0.2, 0.25) is 0 Å². The van der Waals surface area contributed by atoms with Crippen LogP contribution in [0.2, 0.25) is 0 Å². The molecule has 0 saturated heterocycles. The van der Waals surface area contributed by atoms with Crippen LogP contribution in [0.25, 0.3) is 0 Å². The third kappa shape index (κ3) is 3.79. The Labute approximate surface area is 133 Å². The SMILES string of the molecule is O=C(NC[C@@H]1COc2ccccc2O1)C(=O)Nc1ccccc1. The average molecular weight is 312 g/mol. The fourth-order valence-electron chi connectivity index (χ4n) is 2.16. The van der Waals surface area contributed by atoms with E-state index in [4.69, 9.17) is 9.47 Å². The van der Waals surface area contributed by atoms with E-state index in [1.165, 1.54) is 0 Å². The Hall–Kier alpha value is -3.02. The minimum absolute atomic E-state index is 0.190. The highest BCUT2D eigenvalue weighted by Crippen LogP contribution is 2.30. The van der Waals surface area contributed by atoms with E-state index >= 15 is 0 Å². The molecule has 2 aromatic carbocycles. The van der Waals surface area contributed by atoms with Crippen molar-refractivity contribution in [3.05, 3.63) is 54.6 Å². The van der Waals surface area contributed by atoms with Crippen molar-refractivity contribution in [1.29, 1.82) is 0 Å². The van der Waals surface area contributed by atoms with Crippen molar-refractivity contribution in [2.24, 2.45) is 0 Å². The largest absolute Gasteiger partial charge is 0.486 e. The van der Waals surface area contributed by atoms with Gasteiger partial charge in [0.05, 0.1) is 6.54 Å². The molecule has 0 bridgehead atoms. The first kappa shape index (κ1) is 14.9. The van der Waals surface area contributed by atoms with Crippen LogP contribution in [0.4, 0.5) is 5.69 Å². The van der Waals surface area contributed by atoms with E-state index in [0.29, 0.717) is 23.8 Å². The van der Waals surface area contributed by atoms with Crippen LogP contribution in [0, 0.1) is 0 Å². The van der Waals surface area contributed by atoms with Gasteiger partial charge in [-0.1, -0.05) is 30.3 Å². The molecule has 2 aromatic rings. The summed E-state index contributed by atoms with van der Waals surface area (Å²) in [5, 5.41) is 5.07. The normalized spacial score (nSPS) is 15.6. The Bertz CT molecular complexity index is 703.